The molecule has 4 rings (SSSR count). The van der Waals surface area contributed by atoms with Crippen LogP contribution in [0.5, 0.6) is 0 Å². The van der Waals surface area contributed by atoms with Crippen LogP contribution in [0.25, 0.3) is 11.1 Å². The molecule has 7 nitrogen and oxygen atoms in total. The first kappa shape index (κ1) is 26.1. The smallest absolute Gasteiger partial charge is 0.337 e. The number of carbonyl (C=O) groups is 2. The van der Waals surface area contributed by atoms with Gasteiger partial charge < -0.3 is 20.3 Å². The van der Waals surface area contributed by atoms with Crippen molar-refractivity contribution in [1.82, 2.24) is 15.1 Å². The third-order valence-electron chi connectivity index (χ3n) is 6.33. The zero-order valence-electron chi connectivity index (χ0n) is 21.3. The number of nitrogens with one attached hydrogen (secondary N) is 2. The molecule has 3 aromatic rings. The Morgan fingerprint density at radius 2 is 1.68 bits per heavy atom. The Bertz CT molecular complexity index is 1210. The van der Waals surface area contributed by atoms with Gasteiger partial charge in [-0.25, -0.2) is 9.59 Å². The highest BCUT2D eigenvalue weighted by Crippen LogP contribution is 2.21. The maximum atomic E-state index is 13.4. The first-order chi connectivity index (χ1) is 18.0. The number of hydrogen-bond acceptors (Lipinski definition) is 5. The molecule has 0 radical (unpaired) electrons. The number of hydrogen-bond donors (Lipinski definition) is 2. The number of carbonyl (C=O) groups excluding carboxylic acids is 2. The molecule has 1 aliphatic rings. The van der Waals surface area contributed by atoms with Gasteiger partial charge in [-0.05, 0) is 40.5 Å². The largest absolute Gasteiger partial charge is 0.465 e. The predicted molar refractivity (Wildman–Crippen MR) is 148 cm³/mol. The van der Waals surface area contributed by atoms with E-state index < -0.39 is 5.97 Å². The van der Waals surface area contributed by atoms with Crippen LogP contribution in [0.4, 0.5) is 10.5 Å². The molecule has 1 heterocycles. The van der Waals surface area contributed by atoms with Crippen molar-refractivity contribution in [3.63, 3.8) is 0 Å². The van der Waals surface area contributed by atoms with Crippen molar-refractivity contribution < 1.29 is 14.3 Å². The Morgan fingerprint density at radius 1 is 0.973 bits per heavy atom. The fraction of sp³-hybridized carbons (Fsp3) is 0.267. The molecule has 0 atom stereocenters. The normalized spacial score (nSPS) is 13.5. The molecule has 0 aliphatic carbocycles. The van der Waals surface area contributed by atoms with Gasteiger partial charge in [0.05, 0.1) is 12.7 Å². The second kappa shape index (κ2) is 12.9. The average Bonchev–Trinajstić information content (AvgIpc) is 2.93. The number of ether oxygens (including phenoxy) is 1. The molecule has 1 aliphatic heterocycles. The van der Waals surface area contributed by atoms with E-state index in [-0.39, 0.29) is 6.03 Å². The lowest BCUT2D eigenvalue weighted by Crippen LogP contribution is -2.45. The SMILES string of the molecule is C=C(CN1CCNCC1)CN(Cc1ccc(-c2ccccc2)cc1)C(=O)Nc1cccc(C(=O)OC)c1. The van der Waals surface area contributed by atoms with Crippen molar-refractivity contribution in [3.05, 3.63) is 102 Å². The summed E-state index contributed by atoms with van der Waals surface area (Å²) in [4.78, 5) is 29.5. The zero-order valence-corrected chi connectivity index (χ0v) is 21.3. The van der Waals surface area contributed by atoms with Crippen LogP contribution in [-0.2, 0) is 11.3 Å². The van der Waals surface area contributed by atoms with E-state index in [1.807, 2.05) is 18.2 Å². The average molecular weight is 499 g/mol. The third-order valence-corrected chi connectivity index (χ3v) is 6.33. The summed E-state index contributed by atoms with van der Waals surface area (Å²) in [7, 11) is 1.34. The summed E-state index contributed by atoms with van der Waals surface area (Å²) in [6, 6.07) is 25.0. The van der Waals surface area contributed by atoms with E-state index in [0.29, 0.717) is 24.3 Å². The molecule has 1 saturated heterocycles. The number of anilines is 1. The highest BCUT2D eigenvalue weighted by molar-refractivity contribution is 5.94. The molecule has 2 amide bonds. The van der Waals surface area contributed by atoms with Crippen molar-refractivity contribution in [2.45, 2.75) is 6.54 Å². The van der Waals surface area contributed by atoms with Gasteiger partial charge >= 0.3 is 12.0 Å². The molecule has 2 N–H and O–H groups in total. The summed E-state index contributed by atoms with van der Waals surface area (Å²) in [5.41, 5.74) is 5.19. The number of benzene rings is 3. The van der Waals surface area contributed by atoms with Gasteiger partial charge in [-0.15, -0.1) is 0 Å². The van der Waals surface area contributed by atoms with Crippen LogP contribution in [0, 0.1) is 0 Å². The third kappa shape index (κ3) is 7.52. The highest BCUT2D eigenvalue weighted by atomic mass is 16.5. The van der Waals surface area contributed by atoms with Crippen molar-refractivity contribution >= 4 is 17.7 Å². The Morgan fingerprint density at radius 3 is 2.38 bits per heavy atom. The molecule has 0 saturated carbocycles. The summed E-state index contributed by atoms with van der Waals surface area (Å²) in [6.45, 7) is 9.73. The van der Waals surface area contributed by atoms with Crippen molar-refractivity contribution in [2.24, 2.45) is 0 Å². The van der Waals surface area contributed by atoms with E-state index in [1.165, 1.54) is 7.11 Å². The van der Waals surface area contributed by atoms with Crippen LogP contribution in [-0.4, -0.2) is 68.2 Å². The number of methoxy groups -OCH3 is 1. The van der Waals surface area contributed by atoms with Crippen LogP contribution in [0.3, 0.4) is 0 Å². The van der Waals surface area contributed by atoms with E-state index in [1.54, 1.807) is 29.2 Å². The van der Waals surface area contributed by atoms with Gasteiger partial charge in [0.2, 0.25) is 0 Å². The lowest BCUT2D eigenvalue weighted by molar-refractivity contribution is 0.0600. The molecule has 0 spiro atoms. The molecular weight excluding hydrogens is 464 g/mol. The summed E-state index contributed by atoms with van der Waals surface area (Å²) in [5, 5.41) is 6.30. The van der Waals surface area contributed by atoms with Gasteiger partial charge in [0.15, 0.2) is 0 Å². The van der Waals surface area contributed by atoms with E-state index >= 15 is 0 Å². The van der Waals surface area contributed by atoms with E-state index in [9.17, 15) is 9.59 Å². The topological polar surface area (TPSA) is 73.9 Å². The molecule has 7 heteroatoms. The monoisotopic (exact) mass is 498 g/mol. The quantitative estimate of drug-likeness (QED) is 0.332. The molecule has 3 aromatic carbocycles. The lowest BCUT2D eigenvalue weighted by atomic mass is 10.0. The van der Waals surface area contributed by atoms with E-state index in [4.69, 9.17) is 4.74 Å². The minimum absolute atomic E-state index is 0.254. The molecule has 0 aromatic heterocycles. The lowest BCUT2D eigenvalue weighted by Gasteiger charge is -2.30. The van der Waals surface area contributed by atoms with Gasteiger partial charge in [0.25, 0.3) is 0 Å². The number of esters is 1. The zero-order chi connectivity index (χ0) is 26.0. The first-order valence-electron chi connectivity index (χ1n) is 12.5. The number of amides is 2. The van der Waals surface area contributed by atoms with E-state index in [0.717, 1.165) is 55.0 Å². The highest BCUT2D eigenvalue weighted by Gasteiger charge is 2.18. The van der Waals surface area contributed by atoms with Gasteiger partial charge in [-0.1, -0.05) is 67.2 Å². The summed E-state index contributed by atoms with van der Waals surface area (Å²) in [5.74, 6) is -0.448. The number of piperazine rings is 1. The molecular formula is C30H34N4O3. The van der Waals surface area contributed by atoms with Crippen LogP contribution < -0.4 is 10.6 Å². The Kier molecular flexibility index (Phi) is 9.08. The van der Waals surface area contributed by atoms with Crippen LogP contribution in [0.1, 0.15) is 15.9 Å². The maximum Gasteiger partial charge on any atom is 0.337 e. The van der Waals surface area contributed by atoms with Crippen molar-refractivity contribution in [2.75, 3.05) is 51.7 Å². The molecule has 1 fully saturated rings. The number of urea groups is 1. The summed E-state index contributed by atoms with van der Waals surface area (Å²) >= 11 is 0. The van der Waals surface area contributed by atoms with Crippen LogP contribution in [0.15, 0.2) is 91.0 Å². The maximum absolute atomic E-state index is 13.4. The fourth-order valence-corrected chi connectivity index (χ4v) is 4.40. The summed E-state index contributed by atoms with van der Waals surface area (Å²) in [6.07, 6.45) is 0. The van der Waals surface area contributed by atoms with Gasteiger partial charge in [0, 0.05) is 51.5 Å². The van der Waals surface area contributed by atoms with Crippen LogP contribution in [0.2, 0.25) is 0 Å². The fourth-order valence-electron chi connectivity index (χ4n) is 4.40. The second-order valence-corrected chi connectivity index (χ2v) is 9.20. The minimum Gasteiger partial charge on any atom is -0.465 e. The molecule has 0 unspecified atom stereocenters. The Labute approximate surface area is 218 Å². The molecule has 37 heavy (non-hydrogen) atoms. The second-order valence-electron chi connectivity index (χ2n) is 9.20. The first-order valence-corrected chi connectivity index (χ1v) is 12.5. The van der Waals surface area contributed by atoms with Gasteiger partial charge in [0.1, 0.15) is 0 Å². The Balaban J connectivity index is 1.48. The number of rotatable bonds is 9. The van der Waals surface area contributed by atoms with Crippen LogP contribution >= 0.6 is 0 Å². The van der Waals surface area contributed by atoms with Crippen molar-refractivity contribution in [3.8, 4) is 11.1 Å². The minimum atomic E-state index is -0.448. The van der Waals surface area contributed by atoms with Crippen molar-refractivity contribution in [1.29, 1.82) is 0 Å². The predicted octanol–water partition coefficient (Wildman–Crippen LogP) is 4.64. The van der Waals surface area contributed by atoms with E-state index in [2.05, 4.69) is 58.5 Å². The Hall–Kier alpha value is -3.94. The number of nitrogens with zero attached hydrogens (tertiary/aromatic N) is 2. The van der Waals surface area contributed by atoms with Gasteiger partial charge in [-0.3, -0.25) is 4.90 Å². The standard InChI is InChI=1S/C30H34N4O3/c1-23(20-33-17-15-31-16-18-33)21-34(30(36)32-28-10-6-9-27(19-28)29(35)37-2)22-24-11-13-26(14-12-24)25-7-4-3-5-8-25/h3-14,19,31H,1,15-18,20-22H2,2H3,(H,32,36). The summed E-state index contributed by atoms with van der Waals surface area (Å²) < 4.78 is 4.81. The molecule has 0 bridgehead atoms. The van der Waals surface area contributed by atoms with Gasteiger partial charge in [-0.2, -0.15) is 0 Å². The molecule has 192 valence electrons.